The molecular formula is C13H21F2NO3. The standard InChI is InChI=1S/C13H21F2NO3/c1-4-18-10-5-9(12(10,2)3)16-7-8-6-13(14,15)11(17)19-8/h8-10,16H,4-7H2,1-3H3. The quantitative estimate of drug-likeness (QED) is 0.777. The fraction of sp³-hybridized carbons (Fsp3) is 0.923. The Balaban J connectivity index is 1.78. The Morgan fingerprint density at radius 1 is 1.47 bits per heavy atom. The SMILES string of the molecule is CCOC1CC(NCC2CC(F)(F)C(=O)O2)C1(C)C. The number of cyclic esters (lactones) is 1. The average Bonchev–Trinajstić information content (AvgIpc) is 2.56. The zero-order valence-corrected chi connectivity index (χ0v) is 11.5. The smallest absolute Gasteiger partial charge is 0.377 e. The molecule has 3 atom stereocenters. The van der Waals surface area contributed by atoms with Gasteiger partial charge in [-0.05, 0) is 13.3 Å². The van der Waals surface area contributed by atoms with Crippen molar-refractivity contribution in [2.45, 2.75) is 57.8 Å². The highest BCUT2D eigenvalue weighted by molar-refractivity contribution is 5.79. The van der Waals surface area contributed by atoms with Crippen LogP contribution < -0.4 is 5.32 Å². The highest BCUT2D eigenvalue weighted by Crippen LogP contribution is 2.43. The molecule has 0 amide bonds. The van der Waals surface area contributed by atoms with Gasteiger partial charge in [-0.3, -0.25) is 0 Å². The van der Waals surface area contributed by atoms with Crippen LogP contribution in [0.2, 0.25) is 0 Å². The third-order valence-electron chi connectivity index (χ3n) is 4.19. The molecule has 0 bridgehead atoms. The Kier molecular flexibility index (Phi) is 3.84. The van der Waals surface area contributed by atoms with E-state index in [4.69, 9.17) is 4.74 Å². The highest BCUT2D eigenvalue weighted by Gasteiger charge is 2.52. The number of hydrogen-bond donors (Lipinski definition) is 1. The van der Waals surface area contributed by atoms with E-state index >= 15 is 0 Å². The van der Waals surface area contributed by atoms with Crippen molar-refractivity contribution in [1.29, 1.82) is 0 Å². The molecule has 0 radical (unpaired) electrons. The lowest BCUT2D eigenvalue weighted by Crippen LogP contribution is -2.61. The topological polar surface area (TPSA) is 47.6 Å². The Labute approximate surface area is 111 Å². The molecule has 2 fully saturated rings. The monoisotopic (exact) mass is 277 g/mol. The molecule has 1 aliphatic heterocycles. The molecule has 6 heteroatoms. The lowest BCUT2D eigenvalue weighted by atomic mass is 9.64. The minimum atomic E-state index is -3.32. The molecule has 0 spiro atoms. The van der Waals surface area contributed by atoms with E-state index in [0.29, 0.717) is 6.61 Å². The van der Waals surface area contributed by atoms with E-state index in [9.17, 15) is 13.6 Å². The maximum Gasteiger partial charge on any atom is 0.377 e. The van der Waals surface area contributed by atoms with E-state index in [1.807, 2.05) is 6.92 Å². The predicted octanol–water partition coefficient (Wildman–Crippen LogP) is 1.73. The predicted molar refractivity (Wildman–Crippen MR) is 65.0 cm³/mol. The summed E-state index contributed by atoms with van der Waals surface area (Å²) >= 11 is 0. The van der Waals surface area contributed by atoms with Crippen LogP contribution in [0.4, 0.5) is 8.78 Å². The molecule has 1 saturated carbocycles. The fourth-order valence-corrected chi connectivity index (χ4v) is 2.75. The highest BCUT2D eigenvalue weighted by atomic mass is 19.3. The first-order valence-electron chi connectivity index (χ1n) is 6.71. The van der Waals surface area contributed by atoms with Gasteiger partial charge in [0, 0.05) is 24.6 Å². The number of hydrogen-bond acceptors (Lipinski definition) is 4. The van der Waals surface area contributed by atoms with Crippen LogP contribution in [0.1, 0.15) is 33.6 Å². The minimum Gasteiger partial charge on any atom is -0.456 e. The van der Waals surface area contributed by atoms with E-state index < -0.39 is 24.4 Å². The van der Waals surface area contributed by atoms with E-state index in [1.54, 1.807) is 0 Å². The molecular weight excluding hydrogens is 256 g/mol. The van der Waals surface area contributed by atoms with Crippen LogP contribution in [-0.2, 0) is 14.3 Å². The van der Waals surface area contributed by atoms with Crippen molar-refractivity contribution in [3.63, 3.8) is 0 Å². The molecule has 1 aliphatic carbocycles. The maximum atomic E-state index is 13.0. The molecule has 1 N–H and O–H groups in total. The van der Waals surface area contributed by atoms with Crippen molar-refractivity contribution < 1.29 is 23.0 Å². The summed E-state index contributed by atoms with van der Waals surface area (Å²) < 4.78 is 36.3. The molecule has 3 unspecified atom stereocenters. The number of rotatable bonds is 5. The second-order valence-corrected chi connectivity index (χ2v) is 5.90. The van der Waals surface area contributed by atoms with Crippen molar-refractivity contribution in [3.05, 3.63) is 0 Å². The van der Waals surface area contributed by atoms with Gasteiger partial charge in [-0.1, -0.05) is 13.8 Å². The second-order valence-electron chi connectivity index (χ2n) is 5.90. The zero-order chi connectivity index (χ0) is 14.3. The largest absolute Gasteiger partial charge is 0.456 e. The van der Waals surface area contributed by atoms with Gasteiger partial charge in [0.1, 0.15) is 6.10 Å². The molecule has 19 heavy (non-hydrogen) atoms. The van der Waals surface area contributed by atoms with Gasteiger partial charge in [-0.25, -0.2) is 4.79 Å². The Morgan fingerprint density at radius 2 is 2.16 bits per heavy atom. The Hall–Kier alpha value is -0.750. The number of carbonyl (C=O) groups is 1. The zero-order valence-electron chi connectivity index (χ0n) is 11.5. The number of halogens is 2. The molecule has 110 valence electrons. The number of ether oxygens (including phenoxy) is 2. The first-order chi connectivity index (χ1) is 8.77. The summed E-state index contributed by atoms with van der Waals surface area (Å²) in [5.41, 5.74) is -0.0266. The summed E-state index contributed by atoms with van der Waals surface area (Å²) in [6, 6.07) is 0.206. The molecule has 2 rings (SSSR count). The second kappa shape index (κ2) is 4.98. The Bertz CT molecular complexity index is 360. The maximum absolute atomic E-state index is 13.0. The molecule has 0 aromatic carbocycles. The van der Waals surface area contributed by atoms with Crippen molar-refractivity contribution in [2.24, 2.45) is 5.41 Å². The van der Waals surface area contributed by atoms with Gasteiger partial charge in [0.15, 0.2) is 0 Å². The van der Waals surface area contributed by atoms with Crippen LogP contribution in [0.5, 0.6) is 0 Å². The normalized spacial score (nSPS) is 35.8. The molecule has 2 aliphatic rings. The van der Waals surface area contributed by atoms with Gasteiger partial charge in [-0.15, -0.1) is 0 Å². The fourth-order valence-electron chi connectivity index (χ4n) is 2.75. The van der Waals surface area contributed by atoms with E-state index in [2.05, 4.69) is 23.9 Å². The van der Waals surface area contributed by atoms with Gasteiger partial charge in [-0.2, -0.15) is 8.78 Å². The number of esters is 1. The summed E-state index contributed by atoms with van der Waals surface area (Å²) in [6.45, 7) is 7.08. The lowest BCUT2D eigenvalue weighted by molar-refractivity contribution is -0.159. The first kappa shape index (κ1) is 14.7. The van der Waals surface area contributed by atoms with Gasteiger partial charge in [0.25, 0.3) is 0 Å². The van der Waals surface area contributed by atoms with Crippen LogP contribution in [0.25, 0.3) is 0 Å². The summed E-state index contributed by atoms with van der Waals surface area (Å²) in [5, 5.41) is 3.21. The summed E-state index contributed by atoms with van der Waals surface area (Å²) in [4.78, 5) is 10.9. The van der Waals surface area contributed by atoms with E-state index in [-0.39, 0.29) is 24.1 Å². The molecule has 0 aromatic rings. The Morgan fingerprint density at radius 3 is 2.63 bits per heavy atom. The van der Waals surface area contributed by atoms with E-state index in [1.165, 1.54) is 0 Å². The van der Waals surface area contributed by atoms with Gasteiger partial charge < -0.3 is 14.8 Å². The third-order valence-corrected chi connectivity index (χ3v) is 4.19. The van der Waals surface area contributed by atoms with E-state index in [0.717, 1.165) is 6.42 Å². The summed E-state index contributed by atoms with van der Waals surface area (Å²) in [6.07, 6.45) is -0.203. The summed E-state index contributed by atoms with van der Waals surface area (Å²) in [5.74, 6) is -4.73. The lowest BCUT2D eigenvalue weighted by Gasteiger charge is -2.52. The van der Waals surface area contributed by atoms with Crippen molar-refractivity contribution in [2.75, 3.05) is 13.2 Å². The van der Waals surface area contributed by atoms with Gasteiger partial charge in [0.2, 0.25) is 0 Å². The van der Waals surface area contributed by atoms with Crippen LogP contribution >= 0.6 is 0 Å². The number of nitrogens with one attached hydrogen (secondary N) is 1. The number of carbonyl (C=O) groups excluding carboxylic acids is 1. The van der Waals surface area contributed by atoms with Crippen molar-refractivity contribution in [1.82, 2.24) is 5.32 Å². The molecule has 1 heterocycles. The molecule has 4 nitrogen and oxygen atoms in total. The van der Waals surface area contributed by atoms with Crippen LogP contribution in [0.15, 0.2) is 0 Å². The van der Waals surface area contributed by atoms with Crippen molar-refractivity contribution >= 4 is 5.97 Å². The van der Waals surface area contributed by atoms with Gasteiger partial charge >= 0.3 is 11.9 Å². The molecule has 0 aromatic heterocycles. The summed E-state index contributed by atoms with van der Waals surface area (Å²) in [7, 11) is 0. The minimum absolute atomic E-state index is 0.0266. The third kappa shape index (κ3) is 2.74. The van der Waals surface area contributed by atoms with Crippen LogP contribution in [0, 0.1) is 5.41 Å². The first-order valence-corrected chi connectivity index (χ1v) is 6.71. The average molecular weight is 277 g/mol. The van der Waals surface area contributed by atoms with Gasteiger partial charge in [0.05, 0.1) is 12.5 Å². The molecule has 1 saturated heterocycles. The van der Waals surface area contributed by atoms with Crippen LogP contribution in [-0.4, -0.2) is 43.3 Å². The van der Waals surface area contributed by atoms with Crippen LogP contribution in [0.3, 0.4) is 0 Å². The van der Waals surface area contributed by atoms with Crippen molar-refractivity contribution in [3.8, 4) is 0 Å². The number of alkyl halides is 2.